The molecule has 1 unspecified atom stereocenters. The number of carbonyl (C=O) groups excluding carboxylic acids is 1. The minimum absolute atomic E-state index is 0.107. The average molecular weight is 924 g/mol. The summed E-state index contributed by atoms with van der Waals surface area (Å²) in [6, 6.07) is -1.15. The van der Waals surface area contributed by atoms with E-state index in [0.717, 1.165) is 0 Å². The second kappa shape index (κ2) is 27.4. The lowest BCUT2D eigenvalue weighted by Crippen LogP contribution is -2.61. The highest BCUT2D eigenvalue weighted by molar-refractivity contribution is 5.71. The Hall–Kier alpha value is -3.44. The summed E-state index contributed by atoms with van der Waals surface area (Å²) in [5, 5.41) is 118. The Bertz CT molecular complexity index is 1670. The zero-order valence-corrected chi connectivity index (χ0v) is 37.6. The highest BCUT2D eigenvalue weighted by atomic mass is 16.7. The van der Waals surface area contributed by atoms with Crippen LogP contribution in [0.1, 0.15) is 79.1 Å². The standard InChI is InChI=1S/C47H73NO17/c1-27-17-15-13-11-9-7-5-6-8-10-12-14-16-18-34(64-46-44(58)41(48)43(57)30(4)63-46)24-38-40(45(59)60)37(54)26-47(61,65-38)25-33(51)22-36(53)35(52)20-19-31(49)21-32(50)23-39(55)62-29(3)28(2)42(27)56/h5-18,27-38,40-44,46,49-54,56-58,61H,19-26,48H2,1-4H3,(H,59,60)/b6-5+,9-7+,10-8+,13-11+,14-12+,17-15+,18-16+/t27-,28-,29-,30+,31+,32+,33-,34-,35+,36+,37-,38-,40+,41-,42+,43+,44+,46?,47+/m0/s1. The number of allylic oxidation sites excluding steroid dienone is 12. The van der Waals surface area contributed by atoms with Gasteiger partial charge < -0.3 is 80.9 Å². The first kappa shape index (κ1) is 55.9. The van der Waals surface area contributed by atoms with Crippen molar-refractivity contribution in [3.8, 4) is 0 Å². The normalized spacial score (nSPS) is 45.5. The molecule has 0 aliphatic carbocycles. The largest absolute Gasteiger partial charge is 0.481 e. The first-order chi connectivity index (χ1) is 30.6. The number of rotatable bonds is 3. The van der Waals surface area contributed by atoms with Gasteiger partial charge in [0, 0.05) is 37.5 Å². The maximum atomic E-state index is 12.6. The minimum Gasteiger partial charge on any atom is -0.481 e. The first-order valence-electron chi connectivity index (χ1n) is 22.3. The van der Waals surface area contributed by atoms with E-state index in [-0.39, 0.29) is 31.6 Å². The van der Waals surface area contributed by atoms with Crippen LogP contribution in [0.5, 0.6) is 0 Å². The number of esters is 1. The zero-order valence-electron chi connectivity index (χ0n) is 37.6. The Morgan fingerprint density at radius 1 is 0.662 bits per heavy atom. The quantitative estimate of drug-likeness (QED) is 0.174. The maximum absolute atomic E-state index is 12.6. The topological polar surface area (TPSA) is 320 Å². The average Bonchev–Trinajstić information content (AvgIpc) is 3.21. The molecule has 0 saturated carbocycles. The van der Waals surface area contributed by atoms with Crippen molar-refractivity contribution in [2.75, 3.05) is 0 Å². The lowest BCUT2D eigenvalue weighted by molar-refractivity contribution is -0.308. The number of carbonyl (C=O) groups is 2. The predicted molar refractivity (Wildman–Crippen MR) is 237 cm³/mol. The Kier molecular flexibility index (Phi) is 23.6. The van der Waals surface area contributed by atoms with Crippen molar-refractivity contribution in [1.82, 2.24) is 0 Å². The number of hydrogen-bond acceptors (Lipinski definition) is 17. The number of aliphatic hydroxyl groups is 10. The van der Waals surface area contributed by atoms with Gasteiger partial charge in [-0.3, -0.25) is 9.59 Å². The molecule has 368 valence electrons. The molecule has 3 aliphatic rings. The van der Waals surface area contributed by atoms with Crippen molar-refractivity contribution in [3.63, 3.8) is 0 Å². The van der Waals surface area contributed by atoms with Gasteiger partial charge in [0.05, 0.1) is 79.6 Å². The molecule has 0 aromatic rings. The smallest absolute Gasteiger partial charge is 0.311 e. The Labute approximate surface area is 381 Å². The van der Waals surface area contributed by atoms with Gasteiger partial charge >= 0.3 is 11.9 Å². The van der Waals surface area contributed by atoms with Crippen LogP contribution in [0, 0.1) is 17.8 Å². The number of aliphatic carboxylic acids is 1. The van der Waals surface area contributed by atoms with E-state index in [4.69, 9.17) is 24.7 Å². The number of carboxylic acids is 1. The molecule has 0 radical (unpaired) electrons. The van der Waals surface area contributed by atoms with Crippen molar-refractivity contribution in [2.24, 2.45) is 23.5 Å². The van der Waals surface area contributed by atoms with Crippen LogP contribution in [0.3, 0.4) is 0 Å². The third-order valence-electron chi connectivity index (χ3n) is 12.0. The fourth-order valence-corrected chi connectivity index (χ4v) is 7.97. The van der Waals surface area contributed by atoms with Crippen molar-refractivity contribution < 1.29 is 84.7 Å². The van der Waals surface area contributed by atoms with E-state index in [0.29, 0.717) is 0 Å². The van der Waals surface area contributed by atoms with Crippen LogP contribution >= 0.6 is 0 Å². The predicted octanol–water partition coefficient (Wildman–Crippen LogP) is 0.712. The van der Waals surface area contributed by atoms with E-state index in [9.17, 15) is 65.8 Å². The molecule has 3 heterocycles. The van der Waals surface area contributed by atoms with Gasteiger partial charge in [-0.25, -0.2) is 0 Å². The van der Waals surface area contributed by atoms with E-state index in [1.54, 1.807) is 80.7 Å². The number of ether oxygens (including phenoxy) is 4. The van der Waals surface area contributed by atoms with Crippen LogP contribution in [0.25, 0.3) is 0 Å². The number of carboxylic acid groups (broad SMARTS) is 1. The summed E-state index contributed by atoms with van der Waals surface area (Å²) in [6.07, 6.45) is 3.46. The van der Waals surface area contributed by atoms with Crippen LogP contribution in [-0.2, 0) is 28.5 Å². The monoisotopic (exact) mass is 923 g/mol. The molecule has 13 N–H and O–H groups in total. The fraction of sp³-hybridized carbons (Fsp3) is 0.660. The van der Waals surface area contributed by atoms with Crippen molar-refractivity contribution in [2.45, 2.75) is 177 Å². The summed E-state index contributed by atoms with van der Waals surface area (Å²) in [7, 11) is 0. The Balaban J connectivity index is 1.86. The molecule has 65 heavy (non-hydrogen) atoms. The molecule has 0 amide bonds. The molecule has 0 spiro atoms. The summed E-state index contributed by atoms with van der Waals surface area (Å²) in [4.78, 5) is 25.1. The van der Waals surface area contributed by atoms with Crippen molar-refractivity contribution in [3.05, 3.63) is 85.1 Å². The Morgan fingerprint density at radius 2 is 1.23 bits per heavy atom. The molecule has 2 fully saturated rings. The number of nitrogens with two attached hydrogens (primary N) is 1. The second-order valence-corrected chi connectivity index (χ2v) is 17.6. The molecule has 18 heteroatoms. The van der Waals surface area contributed by atoms with E-state index in [1.807, 2.05) is 19.1 Å². The summed E-state index contributed by atoms with van der Waals surface area (Å²) in [6.45, 7) is 6.74. The van der Waals surface area contributed by atoms with Crippen molar-refractivity contribution in [1.29, 1.82) is 0 Å². The van der Waals surface area contributed by atoms with E-state index in [2.05, 4.69) is 0 Å². The van der Waals surface area contributed by atoms with Crippen molar-refractivity contribution >= 4 is 11.9 Å². The lowest BCUT2D eigenvalue weighted by Gasteiger charge is -2.45. The van der Waals surface area contributed by atoms with E-state index in [1.165, 1.54) is 13.0 Å². The molecule has 0 aromatic heterocycles. The first-order valence-corrected chi connectivity index (χ1v) is 22.3. The van der Waals surface area contributed by atoms with Crippen LogP contribution < -0.4 is 5.73 Å². The summed E-state index contributed by atoms with van der Waals surface area (Å²) < 4.78 is 23.1. The van der Waals surface area contributed by atoms with Crippen LogP contribution in [0.2, 0.25) is 0 Å². The fourth-order valence-electron chi connectivity index (χ4n) is 7.97. The molecule has 3 rings (SSSR count). The number of cyclic esters (lactones) is 1. The van der Waals surface area contributed by atoms with Gasteiger partial charge in [0.2, 0.25) is 0 Å². The highest BCUT2D eigenvalue weighted by Gasteiger charge is 2.51. The van der Waals surface area contributed by atoms with Gasteiger partial charge in [-0.05, 0) is 33.1 Å². The Morgan fingerprint density at radius 3 is 1.82 bits per heavy atom. The summed E-state index contributed by atoms with van der Waals surface area (Å²) in [5.41, 5.74) is 6.02. The van der Waals surface area contributed by atoms with Crippen LogP contribution in [-0.4, -0.2) is 166 Å². The summed E-state index contributed by atoms with van der Waals surface area (Å²) >= 11 is 0. The van der Waals surface area contributed by atoms with Gasteiger partial charge in [-0.2, -0.15) is 0 Å². The number of aliphatic hydroxyl groups excluding tert-OH is 9. The molecule has 0 aromatic carbocycles. The second-order valence-electron chi connectivity index (χ2n) is 17.6. The third-order valence-corrected chi connectivity index (χ3v) is 12.0. The molecule has 18 nitrogen and oxygen atoms in total. The molecule has 19 atom stereocenters. The van der Waals surface area contributed by atoms with Gasteiger partial charge in [0.25, 0.3) is 0 Å². The summed E-state index contributed by atoms with van der Waals surface area (Å²) in [5.74, 6) is -6.83. The van der Waals surface area contributed by atoms with Crippen LogP contribution in [0.15, 0.2) is 85.1 Å². The van der Waals surface area contributed by atoms with Crippen LogP contribution in [0.4, 0.5) is 0 Å². The SMILES string of the molecule is C[C@@H]1[C@H](O)[C@@H](C)/C=C/C=C/C=C/C=C/C=C/C=C/C=C/[C@H](OC2O[C@H](C)[C@@H](O)[C@H](N)[C@H]2O)C[C@@H]2O[C@](O)(C[C@@H](O)C[C@@H](O)[C@H](O)CC[C@@H](O)C[C@@H](O)CC(=O)O[C@H]1C)C[C@H](O)[C@H]2C(=O)O. The van der Waals surface area contributed by atoms with Gasteiger partial charge in [-0.15, -0.1) is 0 Å². The van der Waals surface area contributed by atoms with E-state index >= 15 is 0 Å². The van der Waals surface area contributed by atoms with E-state index < -0.39 is 147 Å². The molecule has 2 saturated heterocycles. The molecule has 2 bridgehead atoms. The number of hydrogen-bond donors (Lipinski definition) is 12. The molecule has 3 aliphatic heterocycles. The molecular formula is C47H73NO17. The van der Waals surface area contributed by atoms with Gasteiger partial charge in [0.1, 0.15) is 18.1 Å². The minimum atomic E-state index is -2.33. The zero-order chi connectivity index (χ0) is 48.4. The molecular weight excluding hydrogens is 851 g/mol. The highest BCUT2D eigenvalue weighted by Crippen LogP contribution is 2.38. The third kappa shape index (κ3) is 18.6. The van der Waals surface area contributed by atoms with Gasteiger partial charge in [-0.1, -0.05) is 98.9 Å². The number of fused-ring (bicyclic) bond motifs is 2. The van der Waals surface area contributed by atoms with Gasteiger partial charge in [0.15, 0.2) is 12.1 Å². The maximum Gasteiger partial charge on any atom is 0.311 e. The lowest BCUT2D eigenvalue weighted by atomic mass is 9.82.